The maximum atomic E-state index is 12.0. The summed E-state index contributed by atoms with van der Waals surface area (Å²) in [5.41, 5.74) is 1.33. The molecule has 0 atom stereocenters. The molecule has 7 heteroatoms. The fourth-order valence-corrected chi connectivity index (χ4v) is 2.29. The first-order valence-corrected chi connectivity index (χ1v) is 7.86. The van der Waals surface area contributed by atoms with Crippen molar-refractivity contribution in [3.05, 3.63) is 48.0 Å². The molecule has 1 aliphatic heterocycles. The van der Waals surface area contributed by atoms with E-state index >= 15 is 0 Å². The molecule has 0 bridgehead atoms. The van der Waals surface area contributed by atoms with Crippen LogP contribution in [-0.4, -0.2) is 25.2 Å². The van der Waals surface area contributed by atoms with Gasteiger partial charge in [0.15, 0.2) is 11.5 Å². The molecule has 2 aromatic carbocycles. The topological polar surface area (TPSA) is 85.9 Å². The van der Waals surface area contributed by atoms with Crippen LogP contribution >= 0.6 is 0 Å². The summed E-state index contributed by atoms with van der Waals surface area (Å²) in [7, 11) is 0. The van der Waals surface area contributed by atoms with E-state index in [-0.39, 0.29) is 13.3 Å². The van der Waals surface area contributed by atoms with E-state index in [0.29, 0.717) is 23.8 Å². The normalized spacial score (nSPS) is 11.7. The number of nitrogens with one attached hydrogen (secondary N) is 2. The first-order chi connectivity index (χ1) is 12.2. The fraction of sp³-hybridized carbons (Fsp3) is 0.222. The third-order valence-corrected chi connectivity index (χ3v) is 3.52. The lowest BCUT2D eigenvalue weighted by atomic mass is 10.2. The van der Waals surface area contributed by atoms with Gasteiger partial charge in [0.25, 0.3) is 0 Å². The van der Waals surface area contributed by atoms with Gasteiger partial charge in [0.1, 0.15) is 5.75 Å². The van der Waals surface area contributed by atoms with Crippen LogP contribution in [0.2, 0.25) is 0 Å². The summed E-state index contributed by atoms with van der Waals surface area (Å²) < 4.78 is 15.8. The van der Waals surface area contributed by atoms with E-state index in [2.05, 4.69) is 10.6 Å². The zero-order chi connectivity index (χ0) is 17.6. The Hall–Kier alpha value is -3.22. The average molecular weight is 342 g/mol. The maximum absolute atomic E-state index is 12.0. The molecule has 2 amide bonds. The van der Waals surface area contributed by atoms with Crippen LogP contribution in [0.15, 0.2) is 42.5 Å². The minimum atomic E-state index is -0.746. The van der Waals surface area contributed by atoms with Crippen molar-refractivity contribution in [2.45, 2.75) is 13.5 Å². The van der Waals surface area contributed by atoms with Gasteiger partial charge in [-0.3, -0.25) is 9.59 Å². The molecule has 7 nitrogen and oxygen atoms in total. The molecule has 2 aromatic rings. The van der Waals surface area contributed by atoms with Gasteiger partial charge in [0.05, 0.1) is 6.61 Å². The van der Waals surface area contributed by atoms with E-state index in [1.807, 2.05) is 31.2 Å². The molecule has 0 unspecified atom stereocenters. The molecule has 0 radical (unpaired) electrons. The van der Waals surface area contributed by atoms with Gasteiger partial charge >= 0.3 is 11.8 Å². The molecule has 0 saturated carbocycles. The third kappa shape index (κ3) is 4.20. The number of rotatable bonds is 5. The molecular formula is C18H18N2O5. The predicted octanol–water partition coefficient (Wildman–Crippen LogP) is 2.07. The Balaban J connectivity index is 1.51. The molecule has 130 valence electrons. The predicted molar refractivity (Wildman–Crippen MR) is 90.7 cm³/mol. The van der Waals surface area contributed by atoms with E-state index in [0.717, 1.165) is 11.3 Å². The minimum Gasteiger partial charge on any atom is -0.494 e. The number of amides is 2. The van der Waals surface area contributed by atoms with Gasteiger partial charge in [0.2, 0.25) is 6.79 Å². The van der Waals surface area contributed by atoms with E-state index in [4.69, 9.17) is 14.2 Å². The lowest BCUT2D eigenvalue weighted by molar-refractivity contribution is -0.136. The van der Waals surface area contributed by atoms with Crippen molar-refractivity contribution in [2.75, 3.05) is 18.7 Å². The van der Waals surface area contributed by atoms with Crippen LogP contribution in [-0.2, 0) is 16.1 Å². The lowest BCUT2D eigenvalue weighted by Gasteiger charge is -2.08. The average Bonchev–Trinajstić information content (AvgIpc) is 3.09. The fourth-order valence-electron chi connectivity index (χ4n) is 2.29. The third-order valence-electron chi connectivity index (χ3n) is 3.52. The second-order valence-electron chi connectivity index (χ2n) is 5.28. The van der Waals surface area contributed by atoms with E-state index in [9.17, 15) is 9.59 Å². The van der Waals surface area contributed by atoms with Gasteiger partial charge in [0, 0.05) is 18.3 Å². The van der Waals surface area contributed by atoms with Crippen LogP contribution in [0.3, 0.4) is 0 Å². The number of benzene rings is 2. The Morgan fingerprint density at radius 3 is 2.56 bits per heavy atom. The summed E-state index contributed by atoms with van der Waals surface area (Å²) in [5, 5.41) is 5.10. The van der Waals surface area contributed by atoms with Crippen LogP contribution in [0, 0.1) is 0 Å². The molecule has 0 aromatic heterocycles. The number of anilines is 1. The molecule has 3 rings (SSSR count). The smallest absolute Gasteiger partial charge is 0.313 e. The largest absolute Gasteiger partial charge is 0.494 e. The minimum absolute atomic E-state index is 0.148. The van der Waals surface area contributed by atoms with Gasteiger partial charge in [-0.25, -0.2) is 0 Å². The Bertz CT molecular complexity index is 774. The Morgan fingerprint density at radius 1 is 1.04 bits per heavy atom. The number of carbonyl (C=O) groups is 2. The van der Waals surface area contributed by atoms with Crippen LogP contribution in [0.1, 0.15) is 12.5 Å². The molecule has 25 heavy (non-hydrogen) atoms. The zero-order valence-electron chi connectivity index (χ0n) is 13.7. The first-order valence-electron chi connectivity index (χ1n) is 7.86. The van der Waals surface area contributed by atoms with Crippen molar-refractivity contribution in [2.24, 2.45) is 0 Å². The van der Waals surface area contributed by atoms with E-state index < -0.39 is 11.8 Å². The Labute approximate surface area is 144 Å². The maximum Gasteiger partial charge on any atom is 0.313 e. The van der Waals surface area contributed by atoms with Gasteiger partial charge in [-0.05, 0) is 36.8 Å². The molecule has 1 heterocycles. The SMILES string of the molecule is CCOc1ccc(CNC(=O)C(=O)Nc2ccc3c(c2)OCO3)cc1. The zero-order valence-corrected chi connectivity index (χ0v) is 13.7. The number of carbonyl (C=O) groups excluding carboxylic acids is 2. The summed E-state index contributed by atoms with van der Waals surface area (Å²) in [6, 6.07) is 12.2. The Morgan fingerprint density at radius 2 is 1.80 bits per heavy atom. The Kier molecular flexibility index (Phi) is 5.03. The van der Waals surface area contributed by atoms with Crippen LogP contribution < -0.4 is 24.8 Å². The van der Waals surface area contributed by atoms with Crippen molar-refractivity contribution in [1.29, 1.82) is 0 Å². The second-order valence-corrected chi connectivity index (χ2v) is 5.28. The number of hydrogen-bond acceptors (Lipinski definition) is 5. The highest BCUT2D eigenvalue weighted by atomic mass is 16.7. The van der Waals surface area contributed by atoms with E-state index in [1.165, 1.54) is 0 Å². The highest BCUT2D eigenvalue weighted by molar-refractivity contribution is 6.39. The molecular weight excluding hydrogens is 324 g/mol. The summed E-state index contributed by atoms with van der Waals surface area (Å²) in [6.07, 6.45) is 0. The van der Waals surface area contributed by atoms with E-state index in [1.54, 1.807) is 18.2 Å². The number of hydrogen-bond donors (Lipinski definition) is 2. The second kappa shape index (κ2) is 7.57. The number of fused-ring (bicyclic) bond motifs is 1. The van der Waals surface area contributed by atoms with Crippen LogP contribution in [0.4, 0.5) is 5.69 Å². The molecule has 2 N–H and O–H groups in total. The highest BCUT2D eigenvalue weighted by Crippen LogP contribution is 2.34. The monoisotopic (exact) mass is 342 g/mol. The summed E-state index contributed by atoms with van der Waals surface area (Å²) in [4.78, 5) is 23.9. The van der Waals surface area contributed by atoms with Gasteiger partial charge in [-0.1, -0.05) is 12.1 Å². The highest BCUT2D eigenvalue weighted by Gasteiger charge is 2.17. The van der Waals surface area contributed by atoms with Crippen molar-refractivity contribution < 1.29 is 23.8 Å². The first kappa shape index (κ1) is 16.6. The standard InChI is InChI=1S/C18H18N2O5/c1-2-23-14-6-3-12(4-7-14)10-19-17(21)18(22)20-13-5-8-15-16(9-13)25-11-24-15/h3-9H,2,10-11H2,1H3,(H,19,21)(H,20,22). The summed E-state index contributed by atoms with van der Waals surface area (Å²) in [5.74, 6) is 0.444. The molecule has 1 aliphatic rings. The van der Waals surface area contributed by atoms with Crippen LogP contribution in [0.5, 0.6) is 17.2 Å². The molecule has 0 saturated heterocycles. The van der Waals surface area contributed by atoms with Gasteiger partial charge in [-0.2, -0.15) is 0 Å². The lowest BCUT2D eigenvalue weighted by Crippen LogP contribution is -2.34. The molecule has 0 aliphatic carbocycles. The van der Waals surface area contributed by atoms with Gasteiger partial charge in [-0.15, -0.1) is 0 Å². The van der Waals surface area contributed by atoms with Crippen molar-refractivity contribution in [3.8, 4) is 17.2 Å². The van der Waals surface area contributed by atoms with Gasteiger partial charge < -0.3 is 24.8 Å². The number of ether oxygens (including phenoxy) is 3. The summed E-state index contributed by atoms with van der Waals surface area (Å²) in [6.45, 7) is 2.90. The molecule has 0 spiro atoms. The van der Waals surface area contributed by atoms with Crippen molar-refractivity contribution in [3.63, 3.8) is 0 Å². The van der Waals surface area contributed by atoms with Crippen molar-refractivity contribution in [1.82, 2.24) is 5.32 Å². The molecule has 0 fully saturated rings. The van der Waals surface area contributed by atoms with Crippen LogP contribution in [0.25, 0.3) is 0 Å². The summed E-state index contributed by atoms with van der Waals surface area (Å²) >= 11 is 0. The quantitative estimate of drug-likeness (QED) is 0.813. The van der Waals surface area contributed by atoms with Crippen molar-refractivity contribution >= 4 is 17.5 Å².